The van der Waals surface area contributed by atoms with Crippen molar-refractivity contribution in [2.45, 2.75) is 16.1 Å². The van der Waals surface area contributed by atoms with Crippen molar-refractivity contribution in [3.8, 4) is 11.5 Å². The number of rotatable bonds is 8. The molecule has 0 saturated carbocycles. The van der Waals surface area contributed by atoms with E-state index >= 15 is 0 Å². The molecule has 1 aliphatic heterocycles. The van der Waals surface area contributed by atoms with E-state index < -0.39 is 23.5 Å². The first kappa shape index (κ1) is 24.5. The van der Waals surface area contributed by atoms with Gasteiger partial charge in [0.25, 0.3) is 5.91 Å². The monoisotopic (exact) mass is 539 g/mol. The number of aliphatic hydroxyl groups excluding tert-OH is 1. The largest absolute Gasteiger partial charge is 0.504 e. The van der Waals surface area contributed by atoms with Crippen molar-refractivity contribution in [2.75, 3.05) is 12.0 Å². The van der Waals surface area contributed by atoms with E-state index in [-0.39, 0.29) is 33.8 Å². The third-order valence-electron chi connectivity index (χ3n) is 5.63. The summed E-state index contributed by atoms with van der Waals surface area (Å²) in [6.45, 7) is 0. The summed E-state index contributed by atoms with van der Waals surface area (Å²) in [6.07, 6.45) is 1.31. The molecule has 0 saturated heterocycles. The summed E-state index contributed by atoms with van der Waals surface area (Å²) in [4.78, 5) is 27.7. The minimum atomic E-state index is -1.11. The first-order chi connectivity index (χ1) is 17.9. The lowest BCUT2D eigenvalue weighted by molar-refractivity contribution is -0.117. The fourth-order valence-electron chi connectivity index (χ4n) is 3.87. The lowest BCUT2D eigenvalue weighted by Gasteiger charge is -2.24. The maximum absolute atomic E-state index is 14.0. The van der Waals surface area contributed by atoms with Crippen LogP contribution in [0.2, 0.25) is 0 Å². The predicted molar refractivity (Wildman–Crippen MR) is 133 cm³/mol. The number of thioether (sulfide) groups is 1. The number of Topliss-reactive ketones (excluding diaryl/α,β-unsaturated/α-hetero) is 1. The molecule has 0 bridgehead atoms. The minimum absolute atomic E-state index is 0.0645. The number of anilines is 1. The molecule has 0 aliphatic carbocycles. The summed E-state index contributed by atoms with van der Waals surface area (Å²) in [6, 6.07) is 12.5. The Morgan fingerprint density at radius 3 is 2.73 bits per heavy atom. The Morgan fingerprint density at radius 1 is 1.19 bits per heavy atom. The van der Waals surface area contributed by atoms with E-state index in [1.807, 2.05) is 0 Å². The molecule has 4 aromatic rings. The SMILES string of the molecule is COc1cc(C2C(C(=O)c3ccco3)=C(O)C(=O)N2c2nnc(SCc3ccccc3F)s2)ccc1O. The number of aliphatic hydroxyl groups is 1. The molecule has 2 aromatic carbocycles. The summed E-state index contributed by atoms with van der Waals surface area (Å²) in [7, 11) is 1.36. The number of ketones is 1. The summed E-state index contributed by atoms with van der Waals surface area (Å²) < 4.78 is 24.9. The highest BCUT2D eigenvalue weighted by Crippen LogP contribution is 2.45. The maximum atomic E-state index is 14.0. The van der Waals surface area contributed by atoms with Crippen LogP contribution in [0, 0.1) is 5.82 Å². The number of phenols is 1. The number of nitrogens with zero attached hydrogens (tertiary/aromatic N) is 3. The number of benzene rings is 2. The average molecular weight is 540 g/mol. The van der Waals surface area contributed by atoms with Gasteiger partial charge < -0.3 is 19.4 Å². The summed E-state index contributed by atoms with van der Waals surface area (Å²) in [5.74, 6) is -2.44. The second-order valence-corrected chi connectivity index (χ2v) is 9.99. The number of carbonyl (C=O) groups is 2. The number of hydrogen-bond donors (Lipinski definition) is 2. The number of ether oxygens (including phenoxy) is 1. The van der Waals surface area contributed by atoms with Crippen LogP contribution in [0.1, 0.15) is 27.7 Å². The molecular formula is C25H18FN3O6S2. The van der Waals surface area contributed by atoms with Crippen molar-refractivity contribution in [1.29, 1.82) is 0 Å². The van der Waals surface area contributed by atoms with Crippen LogP contribution in [0.25, 0.3) is 0 Å². The van der Waals surface area contributed by atoms with Gasteiger partial charge in [0.15, 0.2) is 27.4 Å². The minimum Gasteiger partial charge on any atom is -0.504 e. The highest BCUT2D eigenvalue weighted by Gasteiger charge is 2.47. The zero-order chi connectivity index (χ0) is 26.1. The molecule has 0 fully saturated rings. The fraction of sp³-hybridized carbons (Fsp3) is 0.120. The zero-order valence-corrected chi connectivity index (χ0v) is 20.8. The van der Waals surface area contributed by atoms with Crippen LogP contribution < -0.4 is 9.64 Å². The number of hydrogen-bond acceptors (Lipinski definition) is 10. The molecule has 12 heteroatoms. The van der Waals surface area contributed by atoms with Crippen LogP contribution in [-0.4, -0.2) is 39.2 Å². The van der Waals surface area contributed by atoms with Gasteiger partial charge in [-0.2, -0.15) is 0 Å². The van der Waals surface area contributed by atoms with Crippen molar-refractivity contribution < 1.29 is 33.3 Å². The highest BCUT2D eigenvalue weighted by molar-refractivity contribution is 8.00. The molecule has 5 rings (SSSR count). The van der Waals surface area contributed by atoms with Gasteiger partial charge in [-0.15, -0.1) is 10.2 Å². The first-order valence-electron chi connectivity index (χ1n) is 10.8. The average Bonchev–Trinajstić information content (AvgIpc) is 3.65. The fourth-order valence-corrected chi connectivity index (χ4v) is 5.72. The van der Waals surface area contributed by atoms with Gasteiger partial charge in [-0.25, -0.2) is 4.39 Å². The van der Waals surface area contributed by atoms with E-state index in [2.05, 4.69) is 10.2 Å². The van der Waals surface area contributed by atoms with E-state index in [0.717, 1.165) is 16.2 Å². The van der Waals surface area contributed by atoms with Gasteiger partial charge in [-0.3, -0.25) is 14.5 Å². The topological polar surface area (TPSA) is 126 Å². The van der Waals surface area contributed by atoms with Crippen LogP contribution in [0.15, 0.2) is 80.9 Å². The molecule has 1 aliphatic rings. The van der Waals surface area contributed by atoms with Gasteiger partial charge in [0.1, 0.15) is 5.82 Å². The lowest BCUT2D eigenvalue weighted by Crippen LogP contribution is -2.31. The highest BCUT2D eigenvalue weighted by atomic mass is 32.2. The van der Waals surface area contributed by atoms with Crippen molar-refractivity contribution in [3.63, 3.8) is 0 Å². The quantitative estimate of drug-likeness (QED) is 0.179. The zero-order valence-electron chi connectivity index (χ0n) is 19.1. The smallest absolute Gasteiger partial charge is 0.296 e. The van der Waals surface area contributed by atoms with Crippen LogP contribution >= 0.6 is 23.1 Å². The van der Waals surface area contributed by atoms with Crippen molar-refractivity contribution >= 4 is 39.9 Å². The van der Waals surface area contributed by atoms with Crippen LogP contribution in [0.4, 0.5) is 9.52 Å². The molecule has 0 radical (unpaired) electrons. The third kappa shape index (κ3) is 4.56. The number of phenolic OH excluding ortho intramolecular Hbond substituents is 1. The third-order valence-corrected chi connectivity index (χ3v) is 7.73. The van der Waals surface area contributed by atoms with Gasteiger partial charge in [0.05, 0.1) is 25.0 Å². The Morgan fingerprint density at radius 2 is 2.00 bits per heavy atom. The number of methoxy groups -OCH3 is 1. The molecule has 37 heavy (non-hydrogen) atoms. The van der Waals surface area contributed by atoms with Gasteiger partial charge >= 0.3 is 0 Å². The molecule has 1 atom stereocenters. The lowest BCUT2D eigenvalue weighted by atomic mass is 9.95. The Balaban J connectivity index is 1.52. The van der Waals surface area contributed by atoms with Gasteiger partial charge in [0, 0.05) is 5.75 Å². The van der Waals surface area contributed by atoms with E-state index in [0.29, 0.717) is 21.2 Å². The summed E-state index contributed by atoms with van der Waals surface area (Å²) >= 11 is 2.29. The molecule has 1 amide bonds. The van der Waals surface area contributed by atoms with Crippen LogP contribution in [-0.2, 0) is 10.5 Å². The molecule has 9 nitrogen and oxygen atoms in total. The second kappa shape index (κ2) is 10.1. The molecule has 3 heterocycles. The van der Waals surface area contributed by atoms with E-state index in [9.17, 15) is 24.2 Å². The van der Waals surface area contributed by atoms with E-state index in [1.165, 1.54) is 61.5 Å². The first-order valence-corrected chi connectivity index (χ1v) is 12.6. The van der Waals surface area contributed by atoms with E-state index in [1.54, 1.807) is 18.2 Å². The number of amides is 1. The predicted octanol–water partition coefficient (Wildman–Crippen LogP) is 5.06. The van der Waals surface area contributed by atoms with Gasteiger partial charge in [-0.1, -0.05) is 47.4 Å². The Labute approximate surface area is 217 Å². The molecule has 1 unspecified atom stereocenters. The van der Waals surface area contributed by atoms with Crippen molar-refractivity contribution in [3.05, 3.63) is 94.9 Å². The number of furan rings is 1. The number of aromatic nitrogens is 2. The standard InChI is InChI=1S/C25H18FN3O6S2/c1-34-18-11-13(8-9-16(18)30)20-19(21(31)17-7-4-10-35-17)22(32)23(33)29(20)24-27-28-25(37-24)36-12-14-5-2-3-6-15(14)26/h2-11,20,30,32H,12H2,1H3. The number of aromatic hydroxyl groups is 1. The van der Waals surface area contributed by atoms with Gasteiger partial charge in [-0.05, 0) is 41.5 Å². The van der Waals surface area contributed by atoms with Gasteiger partial charge in [0.2, 0.25) is 10.9 Å². The normalized spacial score (nSPS) is 15.5. The van der Waals surface area contributed by atoms with Crippen molar-refractivity contribution in [1.82, 2.24) is 10.2 Å². The van der Waals surface area contributed by atoms with Crippen LogP contribution in [0.3, 0.4) is 0 Å². The van der Waals surface area contributed by atoms with E-state index in [4.69, 9.17) is 9.15 Å². The maximum Gasteiger partial charge on any atom is 0.296 e. The second-order valence-electron chi connectivity index (χ2n) is 7.81. The Hall–Kier alpha value is -4.16. The number of halogens is 1. The number of carbonyl (C=O) groups excluding carboxylic acids is 2. The molecule has 2 aromatic heterocycles. The molecular weight excluding hydrogens is 521 g/mol. The van der Waals surface area contributed by atoms with Crippen molar-refractivity contribution in [2.24, 2.45) is 0 Å². The Kier molecular flexibility index (Phi) is 6.68. The van der Waals surface area contributed by atoms with Crippen LogP contribution in [0.5, 0.6) is 11.5 Å². The molecule has 2 N–H and O–H groups in total. The molecule has 0 spiro atoms. The molecule has 188 valence electrons. The Bertz CT molecular complexity index is 1520. The summed E-state index contributed by atoms with van der Waals surface area (Å²) in [5, 5.41) is 29.2. The summed E-state index contributed by atoms with van der Waals surface area (Å²) in [5.41, 5.74) is 0.641.